The van der Waals surface area contributed by atoms with E-state index < -0.39 is 0 Å². The number of piperidine rings is 1. The van der Waals surface area contributed by atoms with Crippen LogP contribution in [0.2, 0.25) is 0 Å². The van der Waals surface area contributed by atoms with Gasteiger partial charge in [0.25, 0.3) is 0 Å². The lowest BCUT2D eigenvalue weighted by atomic mass is 10.1. The van der Waals surface area contributed by atoms with Gasteiger partial charge in [0.1, 0.15) is 5.78 Å². The summed E-state index contributed by atoms with van der Waals surface area (Å²) in [4.78, 5) is 13.2. The normalized spacial score (nSPS) is 18.9. The maximum absolute atomic E-state index is 11.0. The first-order chi connectivity index (χ1) is 7.65. The smallest absolute Gasteiger partial charge is 0.143 e. The molecule has 0 bridgehead atoms. The highest BCUT2D eigenvalue weighted by atomic mass is 79.9. The molecule has 1 aromatic heterocycles. The van der Waals surface area contributed by atoms with Crippen LogP contribution in [-0.4, -0.2) is 40.1 Å². The summed E-state index contributed by atoms with van der Waals surface area (Å²) in [6.07, 6.45) is 5.98. The van der Waals surface area contributed by atoms with Crippen molar-refractivity contribution < 1.29 is 4.79 Å². The Morgan fingerprint density at radius 3 is 2.75 bits per heavy atom. The van der Waals surface area contributed by atoms with Gasteiger partial charge in [-0.2, -0.15) is 5.10 Å². The van der Waals surface area contributed by atoms with Gasteiger partial charge in [-0.15, -0.1) is 0 Å². The zero-order chi connectivity index (χ0) is 11.5. The first-order valence-electron chi connectivity index (χ1n) is 5.56. The summed E-state index contributed by atoms with van der Waals surface area (Å²) >= 11 is 3.40. The SMILES string of the molecule is CC(=O)CN1CCC(n2cc(Br)cn2)CC1. The molecule has 88 valence electrons. The molecule has 0 aliphatic carbocycles. The zero-order valence-corrected chi connectivity index (χ0v) is 11.0. The molecule has 0 aromatic carbocycles. The number of carbonyl (C=O) groups is 1. The molecule has 2 heterocycles. The van der Waals surface area contributed by atoms with Crippen LogP contribution < -0.4 is 0 Å². The van der Waals surface area contributed by atoms with E-state index in [1.807, 2.05) is 17.1 Å². The molecule has 0 amide bonds. The van der Waals surface area contributed by atoms with Crippen LogP contribution in [-0.2, 0) is 4.79 Å². The third-order valence-corrected chi connectivity index (χ3v) is 3.36. The molecule has 0 saturated carbocycles. The molecule has 16 heavy (non-hydrogen) atoms. The van der Waals surface area contributed by atoms with Crippen LogP contribution in [0.3, 0.4) is 0 Å². The van der Waals surface area contributed by atoms with Crippen LogP contribution in [0.4, 0.5) is 0 Å². The molecule has 0 spiro atoms. The van der Waals surface area contributed by atoms with Gasteiger partial charge in [-0.3, -0.25) is 14.4 Å². The number of nitrogens with zero attached hydrogens (tertiary/aromatic N) is 3. The van der Waals surface area contributed by atoms with E-state index in [-0.39, 0.29) is 5.78 Å². The van der Waals surface area contributed by atoms with E-state index in [0.717, 1.165) is 30.4 Å². The average Bonchev–Trinajstić information content (AvgIpc) is 2.65. The summed E-state index contributed by atoms with van der Waals surface area (Å²) in [6, 6.07) is 0.481. The van der Waals surface area contributed by atoms with Crippen molar-refractivity contribution in [3.05, 3.63) is 16.9 Å². The van der Waals surface area contributed by atoms with Crippen molar-refractivity contribution in [3.63, 3.8) is 0 Å². The highest BCUT2D eigenvalue weighted by Gasteiger charge is 2.21. The fraction of sp³-hybridized carbons (Fsp3) is 0.636. The second-order valence-electron chi connectivity index (χ2n) is 4.35. The van der Waals surface area contributed by atoms with Gasteiger partial charge < -0.3 is 0 Å². The van der Waals surface area contributed by atoms with Crippen LogP contribution in [0.25, 0.3) is 0 Å². The lowest BCUT2D eigenvalue weighted by molar-refractivity contribution is -0.118. The summed E-state index contributed by atoms with van der Waals surface area (Å²) in [5.41, 5.74) is 0. The van der Waals surface area contributed by atoms with Crippen molar-refractivity contribution in [3.8, 4) is 0 Å². The van der Waals surface area contributed by atoms with Crippen molar-refractivity contribution in [1.29, 1.82) is 0 Å². The van der Waals surface area contributed by atoms with Crippen LogP contribution in [0, 0.1) is 0 Å². The number of Topliss-reactive ketones (excluding diaryl/α,β-unsaturated/α-hetero) is 1. The second-order valence-corrected chi connectivity index (χ2v) is 5.26. The number of ketones is 1. The van der Waals surface area contributed by atoms with Crippen molar-refractivity contribution >= 4 is 21.7 Å². The van der Waals surface area contributed by atoms with E-state index >= 15 is 0 Å². The van der Waals surface area contributed by atoms with Gasteiger partial charge in [0, 0.05) is 19.3 Å². The molecular formula is C11H16BrN3O. The van der Waals surface area contributed by atoms with Gasteiger partial charge >= 0.3 is 0 Å². The Balaban J connectivity index is 1.87. The maximum atomic E-state index is 11.0. The molecule has 0 atom stereocenters. The monoisotopic (exact) mass is 285 g/mol. The zero-order valence-electron chi connectivity index (χ0n) is 9.40. The molecule has 1 fully saturated rings. The van der Waals surface area contributed by atoms with E-state index in [1.165, 1.54) is 0 Å². The average molecular weight is 286 g/mol. The Morgan fingerprint density at radius 2 is 2.25 bits per heavy atom. The number of carbonyl (C=O) groups excluding carboxylic acids is 1. The Hall–Kier alpha value is -0.680. The summed E-state index contributed by atoms with van der Waals surface area (Å²) in [5, 5.41) is 4.31. The second kappa shape index (κ2) is 5.10. The number of halogens is 1. The Morgan fingerprint density at radius 1 is 1.56 bits per heavy atom. The highest BCUT2D eigenvalue weighted by Crippen LogP contribution is 2.22. The lowest BCUT2D eigenvalue weighted by Crippen LogP contribution is -2.37. The largest absolute Gasteiger partial charge is 0.299 e. The van der Waals surface area contributed by atoms with Gasteiger partial charge in [0.2, 0.25) is 0 Å². The van der Waals surface area contributed by atoms with E-state index in [4.69, 9.17) is 0 Å². The van der Waals surface area contributed by atoms with Crippen molar-refractivity contribution in [2.45, 2.75) is 25.8 Å². The predicted molar refractivity (Wildman–Crippen MR) is 65.3 cm³/mol. The maximum Gasteiger partial charge on any atom is 0.143 e. The topological polar surface area (TPSA) is 38.1 Å². The van der Waals surface area contributed by atoms with Gasteiger partial charge in [-0.05, 0) is 35.7 Å². The molecule has 2 rings (SSSR count). The number of rotatable bonds is 3. The minimum Gasteiger partial charge on any atom is -0.299 e. The molecule has 1 aromatic rings. The molecule has 1 saturated heterocycles. The molecule has 1 aliphatic rings. The predicted octanol–water partition coefficient (Wildman–Crippen LogP) is 1.87. The molecule has 0 radical (unpaired) electrons. The van der Waals surface area contributed by atoms with Gasteiger partial charge in [0.15, 0.2) is 0 Å². The minimum atomic E-state index is 0.250. The van der Waals surface area contributed by atoms with Crippen LogP contribution in [0.5, 0.6) is 0 Å². The van der Waals surface area contributed by atoms with Crippen molar-refractivity contribution in [1.82, 2.24) is 14.7 Å². The molecule has 5 heteroatoms. The molecular weight excluding hydrogens is 270 g/mol. The van der Waals surface area contributed by atoms with E-state index in [0.29, 0.717) is 12.6 Å². The third kappa shape index (κ3) is 2.92. The van der Waals surface area contributed by atoms with Crippen LogP contribution >= 0.6 is 15.9 Å². The Bertz CT molecular complexity index is 369. The van der Waals surface area contributed by atoms with Crippen molar-refractivity contribution in [2.75, 3.05) is 19.6 Å². The summed E-state index contributed by atoms with van der Waals surface area (Å²) < 4.78 is 3.05. The molecule has 4 nitrogen and oxygen atoms in total. The first-order valence-corrected chi connectivity index (χ1v) is 6.36. The van der Waals surface area contributed by atoms with Gasteiger partial charge in [0.05, 0.1) is 23.3 Å². The van der Waals surface area contributed by atoms with Crippen molar-refractivity contribution in [2.24, 2.45) is 0 Å². The van der Waals surface area contributed by atoms with E-state index in [2.05, 4.69) is 25.9 Å². The fourth-order valence-electron chi connectivity index (χ4n) is 2.17. The number of likely N-dealkylation sites (tertiary alicyclic amines) is 1. The third-order valence-electron chi connectivity index (χ3n) is 2.95. The van der Waals surface area contributed by atoms with Crippen LogP contribution in [0.15, 0.2) is 16.9 Å². The molecule has 1 aliphatic heterocycles. The summed E-state index contributed by atoms with van der Waals surface area (Å²) in [6.45, 7) is 4.22. The fourth-order valence-corrected chi connectivity index (χ4v) is 2.47. The van der Waals surface area contributed by atoms with Gasteiger partial charge in [-0.1, -0.05) is 0 Å². The molecule has 0 N–H and O–H groups in total. The first kappa shape index (κ1) is 11.8. The number of hydrogen-bond donors (Lipinski definition) is 0. The number of hydrogen-bond acceptors (Lipinski definition) is 3. The number of aromatic nitrogens is 2. The lowest BCUT2D eigenvalue weighted by Gasteiger charge is -2.31. The van der Waals surface area contributed by atoms with E-state index in [9.17, 15) is 4.79 Å². The minimum absolute atomic E-state index is 0.250. The van der Waals surface area contributed by atoms with Crippen LogP contribution in [0.1, 0.15) is 25.8 Å². The van der Waals surface area contributed by atoms with E-state index in [1.54, 1.807) is 6.92 Å². The standard InChI is InChI=1S/C11H16BrN3O/c1-9(16)7-14-4-2-11(3-5-14)15-8-10(12)6-13-15/h6,8,11H,2-5,7H2,1H3. The molecule has 0 unspecified atom stereocenters. The summed E-state index contributed by atoms with van der Waals surface area (Å²) in [5.74, 6) is 0.250. The Labute approximate surface area is 104 Å². The quantitative estimate of drug-likeness (QED) is 0.851. The Kier molecular flexibility index (Phi) is 3.76. The highest BCUT2D eigenvalue weighted by molar-refractivity contribution is 9.10. The summed E-state index contributed by atoms with van der Waals surface area (Å²) in [7, 11) is 0. The van der Waals surface area contributed by atoms with Gasteiger partial charge in [-0.25, -0.2) is 0 Å².